The zero-order chi connectivity index (χ0) is 13.9. The number of anilines is 1. The molecule has 2 heterocycles. The molecule has 0 aliphatic rings. The lowest BCUT2D eigenvalue weighted by Crippen LogP contribution is -2.12. The van der Waals surface area contributed by atoms with Crippen LogP contribution in [0.1, 0.15) is 5.82 Å². The van der Waals surface area contributed by atoms with Crippen molar-refractivity contribution in [1.29, 1.82) is 0 Å². The van der Waals surface area contributed by atoms with Crippen LogP contribution in [0.5, 0.6) is 0 Å². The first kappa shape index (κ1) is 12.5. The molecule has 0 unspecified atom stereocenters. The topological polar surface area (TPSA) is 90.9 Å². The second-order valence-corrected chi connectivity index (χ2v) is 4.21. The smallest absolute Gasteiger partial charge is 0.158 e. The predicted octanol–water partition coefficient (Wildman–Crippen LogP) is 1.25. The highest BCUT2D eigenvalue weighted by Crippen LogP contribution is 2.18. The number of hydrazine groups is 1. The summed E-state index contributed by atoms with van der Waals surface area (Å²) in [7, 11) is 1.60. The van der Waals surface area contributed by atoms with Gasteiger partial charge in [0.1, 0.15) is 24.6 Å². The van der Waals surface area contributed by atoms with Gasteiger partial charge in [0.25, 0.3) is 0 Å². The highest BCUT2D eigenvalue weighted by Gasteiger charge is 2.09. The Balaban J connectivity index is 2.15. The number of benzene rings is 1. The lowest BCUT2D eigenvalue weighted by molar-refractivity contribution is 0.178. The van der Waals surface area contributed by atoms with Crippen LogP contribution in [0.2, 0.25) is 0 Å². The van der Waals surface area contributed by atoms with Crippen molar-refractivity contribution in [2.24, 2.45) is 5.84 Å². The fourth-order valence-corrected chi connectivity index (χ4v) is 2.02. The Hall–Kier alpha value is -2.51. The van der Waals surface area contributed by atoms with E-state index in [-0.39, 0.29) is 0 Å². The molecular weight excluding hydrogens is 256 g/mol. The van der Waals surface area contributed by atoms with E-state index >= 15 is 0 Å². The first-order valence-corrected chi connectivity index (χ1v) is 6.08. The molecule has 0 aliphatic heterocycles. The Morgan fingerprint density at radius 3 is 2.95 bits per heavy atom. The second-order valence-electron chi connectivity index (χ2n) is 4.21. The van der Waals surface area contributed by atoms with Gasteiger partial charge in [0.15, 0.2) is 5.82 Å². The minimum atomic E-state index is 0.315. The summed E-state index contributed by atoms with van der Waals surface area (Å²) < 4.78 is 6.95. The first-order chi connectivity index (χ1) is 9.81. The van der Waals surface area contributed by atoms with Gasteiger partial charge in [-0.1, -0.05) is 12.1 Å². The molecular formula is C13H14N6O. The van der Waals surface area contributed by atoms with Gasteiger partial charge in [-0.2, -0.15) is 0 Å². The molecule has 0 bridgehead atoms. The van der Waals surface area contributed by atoms with Crippen molar-refractivity contribution in [1.82, 2.24) is 19.5 Å². The molecule has 7 heteroatoms. The van der Waals surface area contributed by atoms with Gasteiger partial charge in [-0.3, -0.25) is 4.57 Å². The van der Waals surface area contributed by atoms with Crippen LogP contribution in [-0.4, -0.2) is 26.6 Å². The van der Waals surface area contributed by atoms with Crippen LogP contribution in [0, 0.1) is 0 Å². The van der Waals surface area contributed by atoms with Crippen LogP contribution in [0.25, 0.3) is 16.9 Å². The minimum Gasteiger partial charge on any atom is -0.377 e. The lowest BCUT2D eigenvalue weighted by atomic mass is 10.3. The first-order valence-electron chi connectivity index (χ1n) is 6.08. The fourth-order valence-electron chi connectivity index (χ4n) is 2.02. The summed E-state index contributed by atoms with van der Waals surface area (Å²) in [5, 5.41) is 0. The van der Waals surface area contributed by atoms with E-state index in [0.29, 0.717) is 24.1 Å². The summed E-state index contributed by atoms with van der Waals surface area (Å²) in [4.78, 5) is 13.0. The number of fused-ring (bicyclic) bond motifs is 1. The van der Waals surface area contributed by atoms with E-state index in [1.807, 2.05) is 28.8 Å². The number of methoxy groups -OCH3 is 1. The maximum atomic E-state index is 5.44. The van der Waals surface area contributed by atoms with Crippen LogP contribution in [0.3, 0.4) is 0 Å². The molecule has 0 amide bonds. The number of para-hydroxylation sites is 2. The van der Waals surface area contributed by atoms with Crippen molar-refractivity contribution < 1.29 is 4.74 Å². The third kappa shape index (κ3) is 2.20. The standard InChI is InChI=1S/C13H14N6O/c1-20-7-12-16-11(18-14)6-13(17-12)19-8-15-9-4-2-3-5-10(9)19/h2-6,8H,7,14H2,1H3,(H,16,17,18). The van der Waals surface area contributed by atoms with E-state index in [9.17, 15) is 0 Å². The van der Waals surface area contributed by atoms with Crippen LogP contribution >= 0.6 is 0 Å². The van der Waals surface area contributed by atoms with Gasteiger partial charge in [-0.15, -0.1) is 0 Å². The number of ether oxygens (including phenoxy) is 1. The van der Waals surface area contributed by atoms with Crippen LogP contribution in [0.4, 0.5) is 5.82 Å². The van der Waals surface area contributed by atoms with Crippen molar-refractivity contribution >= 4 is 16.9 Å². The number of nitrogen functional groups attached to an aromatic ring is 1. The maximum Gasteiger partial charge on any atom is 0.158 e. The fraction of sp³-hybridized carbons (Fsp3) is 0.154. The molecule has 0 aliphatic carbocycles. The molecule has 1 aromatic carbocycles. The van der Waals surface area contributed by atoms with Crippen molar-refractivity contribution in [3.63, 3.8) is 0 Å². The van der Waals surface area contributed by atoms with Crippen LogP contribution in [0.15, 0.2) is 36.7 Å². The number of hydrogen-bond donors (Lipinski definition) is 2. The molecule has 0 saturated heterocycles. The second kappa shape index (κ2) is 5.24. The number of hydrogen-bond acceptors (Lipinski definition) is 6. The van der Waals surface area contributed by atoms with Gasteiger partial charge in [-0.25, -0.2) is 20.8 Å². The van der Waals surface area contributed by atoms with Gasteiger partial charge in [0.05, 0.1) is 11.0 Å². The number of imidazole rings is 1. The summed E-state index contributed by atoms with van der Waals surface area (Å²) in [6.45, 7) is 0.315. The highest BCUT2D eigenvalue weighted by atomic mass is 16.5. The van der Waals surface area contributed by atoms with Gasteiger partial charge < -0.3 is 10.2 Å². The number of nitrogens with two attached hydrogens (primary N) is 1. The molecule has 3 aromatic rings. The Morgan fingerprint density at radius 1 is 1.30 bits per heavy atom. The largest absolute Gasteiger partial charge is 0.377 e. The SMILES string of the molecule is COCc1nc(NN)cc(-n2cnc3ccccc32)n1. The maximum absolute atomic E-state index is 5.44. The molecule has 20 heavy (non-hydrogen) atoms. The third-order valence-electron chi connectivity index (χ3n) is 2.88. The van der Waals surface area contributed by atoms with Crippen LogP contribution in [-0.2, 0) is 11.3 Å². The van der Waals surface area contributed by atoms with E-state index in [2.05, 4.69) is 20.4 Å². The molecule has 0 atom stereocenters. The molecule has 102 valence electrons. The summed E-state index contributed by atoms with van der Waals surface area (Å²) in [5.41, 5.74) is 4.41. The Labute approximate surface area is 115 Å². The van der Waals surface area contributed by atoms with E-state index < -0.39 is 0 Å². The number of nitrogens with one attached hydrogen (secondary N) is 1. The molecule has 7 nitrogen and oxygen atoms in total. The van der Waals surface area contributed by atoms with Gasteiger partial charge in [0, 0.05) is 13.2 Å². The molecule has 0 fully saturated rings. The Bertz CT molecular complexity index is 739. The van der Waals surface area contributed by atoms with E-state index in [1.54, 1.807) is 19.5 Å². The van der Waals surface area contributed by atoms with E-state index in [1.165, 1.54) is 0 Å². The summed E-state index contributed by atoms with van der Waals surface area (Å²) in [5.74, 6) is 7.21. The summed E-state index contributed by atoms with van der Waals surface area (Å²) >= 11 is 0. The van der Waals surface area contributed by atoms with Gasteiger partial charge in [0.2, 0.25) is 0 Å². The van der Waals surface area contributed by atoms with Crippen molar-refractivity contribution in [3.05, 3.63) is 42.5 Å². The van der Waals surface area contributed by atoms with E-state index in [4.69, 9.17) is 10.6 Å². The highest BCUT2D eigenvalue weighted by molar-refractivity contribution is 5.76. The third-order valence-corrected chi connectivity index (χ3v) is 2.88. The molecule has 2 aromatic heterocycles. The molecule has 3 N–H and O–H groups in total. The monoisotopic (exact) mass is 270 g/mol. The average molecular weight is 270 g/mol. The molecule has 0 saturated carbocycles. The minimum absolute atomic E-state index is 0.315. The summed E-state index contributed by atoms with van der Waals surface area (Å²) in [6.07, 6.45) is 1.73. The summed E-state index contributed by atoms with van der Waals surface area (Å²) in [6, 6.07) is 9.59. The van der Waals surface area contributed by atoms with Crippen molar-refractivity contribution in [2.75, 3.05) is 12.5 Å². The lowest BCUT2D eigenvalue weighted by Gasteiger charge is -2.08. The number of rotatable bonds is 4. The van der Waals surface area contributed by atoms with Gasteiger partial charge in [-0.05, 0) is 12.1 Å². The van der Waals surface area contributed by atoms with Crippen LogP contribution < -0.4 is 11.3 Å². The zero-order valence-corrected chi connectivity index (χ0v) is 10.9. The number of aromatic nitrogens is 4. The molecule has 0 radical (unpaired) electrons. The quantitative estimate of drug-likeness (QED) is 0.547. The molecule has 3 rings (SSSR count). The van der Waals surface area contributed by atoms with E-state index in [0.717, 1.165) is 11.0 Å². The van der Waals surface area contributed by atoms with Gasteiger partial charge >= 0.3 is 0 Å². The molecule has 0 spiro atoms. The Kier molecular flexibility index (Phi) is 3.28. The zero-order valence-electron chi connectivity index (χ0n) is 10.9. The van der Waals surface area contributed by atoms with Crippen molar-refractivity contribution in [2.45, 2.75) is 6.61 Å². The predicted molar refractivity (Wildman–Crippen MR) is 75.2 cm³/mol. The average Bonchev–Trinajstić information content (AvgIpc) is 2.91. The number of nitrogens with zero attached hydrogens (tertiary/aromatic N) is 4. The van der Waals surface area contributed by atoms with Crippen molar-refractivity contribution in [3.8, 4) is 5.82 Å². The normalized spacial score (nSPS) is 10.9. The Morgan fingerprint density at radius 2 is 2.15 bits per heavy atom.